The summed E-state index contributed by atoms with van der Waals surface area (Å²) in [5, 5.41) is 3.30. The molecule has 2 aromatic rings. The molecule has 8 nitrogen and oxygen atoms in total. The fourth-order valence-electron chi connectivity index (χ4n) is 3.51. The largest absolute Gasteiger partial charge is 0.472 e. The molecule has 1 N–H and O–H groups in total. The lowest BCUT2D eigenvalue weighted by molar-refractivity contribution is 0.0298. The van der Waals surface area contributed by atoms with Gasteiger partial charge >= 0.3 is 6.03 Å². The van der Waals surface area contributed by atoms with Crippen molar-refractivity contribution in [1.29, 1.82) is 0 Å². The van der Waals surface area contributed by atoms with Crippen molar-refractivity contribution in [3.05, 3.63) is 53.2 Å². The second-order valence-corrected chi connectivity index (χ2v) is 7.55. The van der Waals surface area contributed by atoms with Crippen LogP contribution in [0.1, 0.15) is 16.8 Å². The maximum absolute atomic E-state index is 12.9. The Kier molecular flexibility index (Phi) is 6.35. The van der Waals surface area contributed by atoms with Crippen LogP contribution < -0.4 is 10.1 Å². The number of carbonyl (C=O) groups excluding carboxylic acids is 2. The molecule has 2 aliphatic rings. The summed E-state index contributed by atoms with van der Waals surface area (Å²) in [5.41, 5.74) is 0.995. The third-order valence-electron chi connectivity index (χ3n) is 5.13. The second-order valence-electron chi connectivity index (χ2n) is 7.15. The highest BCUT2D eigenvalue weighted by Crippen LogP contribution is 2.24. The Bertz CT molecular complexity index is 919. The molecule has 3 amide bonds. The highest BCUT2D eigenvalue weighted by molar-refractivity contribution is 6.33. The molecule has 30 heavy (non-hydrogen) atoms. The van der Waals surface area contributed by atoms with E-state index in [1.807, 2.05) is 6.07 Å². The van der Waals surface area contributed by atoms with Crippen LogP contribution in [0.25, 0.3) is 0 Å². The van der Waals surface area contributed by atoms with E-state index >= 15 is 0 Å². The molecule has 0 unspecified atom stereocenters. The van der Waals surface area contributed by atoms with Gasteiger partial charge in [0.25, 0.3) is 5.91 Å². The molecule has 1 aromatic carbocycles. The van der Waals surface area contributed by atoms with Gasteiger partial charge in [0.15, 0.2) is 0 Å². The Morgan fingerprint density at radius 3 is 2.70 bits per heavy atom. The zero-order chi connectivity index (χ0) is 20.9. The lowest BCUT2D eigenvalue weighted by Crippen LogP contribution is -2.41. The number of hydrogen-bond donors (Lipinski definition) is 1. The van der Waals surface area contributed by atoms with Crippen molar-refractivity contribution in [2.75, 3.05) is 44.7 Å². The van der Waals surface area contributed by atoms with E-state index in [9.17, 15) is 9.59 Å². The zero-order valence-corrected chi connectivity index (χ0v) is 17.2. The molecule has 4 rings (SSSR count). The standard InChI is InChI=1S/C21H23ClN4O4/c22-17-5-1-2-6-18(17)24-21(28)26-9-7-15(14-26)30-19-16(4-3-8-23-19)20(27)25-10-12-29-13-11-25/h1-6,8,15H,7,9-14H2,(H,24,28)/t15-/m0/s1. The number of morpholine rings is 1. The Morgan fingerprint density at radius 2 is 1.90 bits per heavy atom. The number of para-hydroxylation sites is 1. The van der Waals surface area contributed by atoms with E-state index in [4.69, 9.17) is 21.1 Å². The Hall–Kier alpha value is -2.84. The van der Waals surface area contributed by atoms with Gasteiger partial charge in [-0.25, -0.2) is 9.78 Å². The first kappa shape index (κ1) is 20.4. The first-order valence-corrected chi connectivity index (χ1v) is 10.3. The number of likely N-dealkylation sites (tertiary alicyclic amines) is 1. The number of ether oxygens (including phenoxy) is 2. The van der Waals surface area contributed by atoms with Crippen molar-refractivity contribution in [2.24, 2.45) is 0 Å². The van der Waals surface area contributed by atoms with Gasteiger partial charge in [-0.2, -0.15) is 0 Å². The van der Waals surface area contributed by atoms with E-state index in [-0.39, 0.29) is 18.0 Å². The van der Waals surface area contributed by atoms with Crippen molar-refractivity contribution in [2.45, 2.75) is 12.5 Å². The van der Waals surface area contributed by atoms with E-state index in [2.05, 4.69) is 10.3 Å². The molecule has 0 aliphatic carbocycles. The van der Waals surface area contributed by atoms with Crippen molar-refractivity contribution in [3.8, 4) is 5.88 Å². The Labute approximate surface area is 179 Å². The van der Waals surface area contributed by atoms with Crippen molar-refractivity contribution in [1.82, 2.24) is 14.8 Å². The number of hydrogen-bond acceptors (Lipinski definition) is 5. The van der Waals surface area contributed by atoms with Crippen LogP contribution in [0, 0.1) is 0 Å². The molecule has 2 saturated heterocycles. The summed E-state index contributed by atoms with van der Waals surface area (Å²) in [5.74, 6) is 0.181. The predicted octanol–water partition coefficient (Wildman–Crippen LogP) is 2.89. The fourth-order valence-corrected chi connectivity index (χ4v) is 3.69. The smallest absolute Gasteiger partial charge is 0.322 e. The molecule has 2 aliphatic heterocycles. The summed E-state index contributed by atoms with van der Waals surface area (Å²) < 4.78 is 11.4. The molecule has 0 radical (unpaired) electrons. The summed E-state index contributed by atoms with van der Waals surface area (Å²) in [6, 6.07) is 10.3. The molecule has 3 heterocycles. The van der Waals surface area contributed by atoms with E-state index in [1.165, 1.54) is 0 Å². The van der Waals surface area contributed by atoms with Gasteiger partial charge in [0, 0.05) is 32.3 Å². The summed E-state index contributed by atoms with van der Waals surface area (Å²) >= 11 is 6.11. The zero-order valence-electron chi connectivity index (χ0n) is 16.4. The molecule has 0 bridgehead atoms. The minimum atomic E-state index is -0.242. The van der Waals surface area contributed by atoms with Gasteiger partial charge in [-0.15, -0.1) is 0 Å². The first-order valence-electron chi connectivity index (χ1n) is 9.91. The van der Waals surface area contributed by atoms with E-state index in [1.54, 1.807) is 46.3 Å². The lowest BCUT2D eigenvalue weighted by atomic mass is 10.2. The number of pyridine rings is 1. The molecular weight excluding hydrogens is 408 g/mol. The van der Waals surface area contributed by atoms with Crippen LogP contribution in [0.2, 0.25) is 5.02 Å². The molecular formula is C21H23ClN4O4. The number of carbonyl (C=O) groups is 2. The predicted molar refractivity (Wildman–Crippen MR) is 112 cm³/mol. The number of halogens is 1. The minimum Gasteiger partial charge on any atom is -0.472 e. The minimum absolute atomic E-state index is 0.118. The summed E-state index contributed by atoms with van der Waals surface area (Å²) in [6.45, 7) is 3.10. The number of nitrogens with one attached hydrogen (secondary N) is 1. The number of anilines is 1. The number of aromatic nitrogens is 1. The number of nitrogens with zero attached hydrogens (tertiary/aromatic N) is 3. The number of benzene rings is 1. The van der Waals surface area contributed by atoms with Crippen molar-refractivity contribution >= 4 is 29.2 Å². The van der Waals surface area contributed by atoms with Gasteiger partial charge < -0.3 is 24.6 Å². The fraction of sp³-hybridized carbons (Fsp3) is 0.381. The normalized spacial score (nSPS) is 18.9. The van der Waals surface area contributed by atoms with Crippen LogP contribution in [0.5, 0.6) is 5.88 Å². The Balaban J connectivity index is 1.38. The second kappa shape index (κ2) is 9.32. The van der Waals surface area contributed by atoms with E-state index in [0.29, 0.717) is 68.0 Å². The quantitative estimate of drug-likeness (QED) is 0.806. The topological polar surface area (TPSA) is 84.0 Å². The number of urea groups is 1. The summed E-state index contributed by atoms with van der Waals surface area (Å²) in [4.78, 5) is 33.1. The molecule has 2 fully saturated rings. The Morgan fingerprint density at radius 1 is 1.10 bits per heavy atom. The average molecular weight is 431 g/mol. The van der Waals surface area contributed by atoms with Gasteiger partial charge in [-0.3, -0.25) is 4.79 Å². The van der Waals surface area contributed by atoms with Crippen LogP contribution in [-0.4, -0.2) is 72.2 Å². The van der Waals surface area contributed by atoms with Gasteiger partial charge in [-0.1, -0.05) is 23.7 Å². The van der Waals surface area contributed by atoms with Crippen LogP contribution in [0.15, 0.2) is 42.6 Å². The maximum atomic E-state index is 12.9. The third kappa shape index (κ3) is 4.66. The van der Waals surface area contributed by atoms with Crippen LogP contribution in [0.4, 0.5) is 10.5 Å². The molecule has 0 saturated carbocycles. The van der Waals surface area contributed by atoms with Gasteiger partial charge in [-0.05, 0) is 24.3 Å². The highest BCUT2D eigenvalue weighted by Gasteiger charge is 2.30. The van der Waals surface area contributed by atoms with Crippen LogP contribution in [0.3, 0.4) is 0 Å². The van der Waals surface area contributed by atoms with Gasteiger partial charge in [0.1, 0.15) is 11.7 Å². The molecule has 9 heteroatoms. The highest BCUT2D eigenvalue weighted by atomic mass is 35.5. The number of rotatable bonds is 4. The summed E-state index contributed by atoms with van der Waals surface area (Å²) in [6.07, 6.45) is 2.01. The molecule has 158 valence electrons. The van der Waals surface area contributed by atoms with E-state index < -0.39 is 0 Å². The number of amides is 3. The van der Waals surface area contributed by atoms with Gasteiger partial charge in [0.05, 0.1) is 30.5 Å². The first-order chi connectivity index (χ1) is 14.6. The lowest BCUT2D eigenvalue weighted by Gasteiger charge is -2.27. The van der Waals surface area contributed by atoms with Crippen LogP contribution >= 0.6 is 11.6 Å². The van der Waals surface area contributed by atoms with Crippen molar-refractivity contribution < 1.29 is 19.1 Å². The maximum Gasteiger partial charge on any atom is 0.322 e. The SMILES string of the molecule is O=C(Nc1ccccc1Cl)N1CC[C@H](Oc2ncccc2C(=O)N2CCOCC2)C1. The summed E-state index contributed by atoms with van der Waals surface area (Å²) in [7, 11) is 0. The molecule has 0 spiro atoms. The van der Waals surface area contributed by atoms with Crippen molar-refractivity contribution in [3.63, 3.8) is 0 Å². The van der Waals surface area contributed by atoms with Gasteiger partial charge in [0.2, 0.25) is 5.88 Å². The third-order valence-corrected chi connectivity index (χ3v) is 5.46. The molecule has 1 atom stereocenters. The van der Waals surface area contributed by atoms with E-state index in [0.717, 1.165) is 0 Å². The monoisotopic (exact) mass is 430 g/mol. The average Bonchev–Trinajstić information content (AvgIpc) is 3.24. The molecule has 1 aromatic heterocycles. The van der Waals surface area contributed by atoms with Crippen LogP contribution in [-0.2, 0) is 4.74 Å².